The van der Waals surface area contributed by atoms with Crippen molar-refractivity contribution in [1.29, 1.82) is 0 Å². The van der Waals surface area contributed by atoms with E-state index in [1.165, 1.54) is 18.6 Å². The second-order valence-electron chi connectivity index (χ2n) is 5.16. The summed E-state index contributed by atoms with van der Waals surface area (Å²) < 4.78 is 0. The monoisotopic (exact) mass is 303 g/mol. The van der Waals surface area contributed by atoms with Crippen LogP contribution < -0.4 is 0 Å². The summed E-state index contributed by atoms with van der Waals surface area (Å²) in [5, 5.41) is 9.81. The molecule has 0 aliphatic carbocycles. The average Bonchev–Trinajstić information content (AvgIpc) is 3.04. The van der Waals surface area contributed by atoms with Gasteiger partial charge in [0.05, 0.1) is 0 Å². The molecule has 2 fully saturated rings. The molecule has 2 atom stereocenters. The predicted molar refractivity (Wildman–Crippen MR) is 79.3 cm³/mol. The highest BCUT2D eigenvalue weighted by Gasteiger charge is 2.33. The Hall–Kier alpha value is -0.360. The van der Waals surface area contributed by atoms with Crippen molar-refractivity contribution in [2.24, 2.45) is 0 Å². The maximum atomic E-state index is 12.0. The molecule has 0 saturated carbocycles. The first kappa shape index (κ1) is 15.0. The number of nitrogens with zero attached hydrogens (tertiary/aromatic N) is 1. The lowest BCUT2D eigenvalue weighted by Gasteiger charge is -2.21. The van der Waals surface area contributed by atoms with Crippen LogP contribution in [0.4, 0.5) is 0 Å². The maximum absolute atomic E-state index is 12.0. The van der Waals surface area contributed by atoms with E-state index in [2.05, 4.69) is 0 Å². The van der Waals surface area contributed by atoms with Gasteiger partial charge in [0, 0.05) is 24.0 Å². The van der Waals surface area contributed by atoms with Crippen LogP contribution in [0.15, 0.2) is 0 Å². The van der Waals surface area contributed by atoms with Crippen molar-refractivity contribution < 1.29 is 14.7 Å². The summed E-state index contributed by atoms with van der Waals surface area (Å²) in [5.74, 6) is 0.422. The summed E-state index contributed by atoms with van der Waals surface area (Å²) in [4.78, 5) is 24.6. The molecule has 0 bridgehead atoms. The molecule has 4 nitrogen and oxygen atoms in total. The lowest BCUT2D eigenvalue weighted by atomic mass is 10.1. The minimum atomic E-state index is -0.856. The molecule has 0 spiro atoms. The molecule has 1 N–H and O–H groups in total. The summed E-state index contributed by atoms with van der Waals surface area (Å²) in [6, 6.07) is -0.575. The highest BCUT2D eigenvalue weighted by atomic mass is 33.1. The van der Waals surface area contributed by atoms with Gasteiger partial charge in [0.25, 0.3) is 0 Å². The number of rotatable bonds is 6. The Kier molecular flexibility index (Phi) is 5.88. The first-order valence-corrected chi connectivity index (χ1v) is 9.37. The third-order valence-corrected chi connectivity index (χ3v) is 6.76. The number of amides is 1. The summed E-state index contributed by atoms with van der Waals surface area (Å²) >= 11 is 0. The Labute approximate surface area is 122 Å². The van der Waals surface area contributed by atoms with Crippen LogP contribution in [0.5, 0.6) is 0 Å². The van der Waals surface area contributed by atoms with Crippen molar-refractivity contribution in [3.63, 3.8) is 0 Å². The van der Waals surface area contributed by atoms with Crippen LogP contribution in [0.25, 0.3) is 0 Å². The van der Waals surface area contributed by atoms with E-state index in [1.54, 1.807) is 4.90 Å². The van der Waals surface area contributed by atoms with Crippen LogP contribution in [-0.2, 0) is 9.59 Å². The van der Waals surface area contributed by atoms with E-state index in [1.807, 2.05) is 21.6 Å². The minimum Gasteiger partial charge on any atom is -0.480 e. The van der Waals surface area contributed by atoms with Gasteiger partial charge in [0.1, 0.15) is 6.04 Å². The minimum absolute atomic E-state index is 0.0263. The number of carboxylic acids is 1. The number of carboxylic acid groups (broad SMARTS) is 1. The van der Waals surface area contributed by atoms with Gasteiger partial charge in [-0.05, 0) is 32.1 Å². The largest absolute Gasteiger partial charge is 0.480 e. The summed E-state index contributed by atoms with van der Waals surface area (Å²) in [6.07, 6.45) is 6.38. The van der Waals surface area contributed by atoms with Gasteiger partial charge in [-0.2, -0.15) is 0 Å². The molecule has 1 unspecified atom stereocenters. The molecule has 0 aromatic heterocycles. The van der Waals surface area contributed by atoms with Crippen molar-refractivity contribution in [3.8, 4) is 0 Å². The number of hydrogen-bond acceptors (Lipinski definition) is 4. The third-order valence-electron chi connectivity index (χ3n) is 3.75. The Balaban J connectivity index is 1.64. The van der Waals surface area contributed by atoms with E-state index >= 15 is 0 Å². The summed E-state index contributed by atoms with van der Waals surface area (Å²) in [7, 11) is 3.92. The highest BCUT2D eigenvalue weighted by Crippen LogP contribution is 2.39. The lowest BCUT2D eigenvalue weighted by Crippen LogP contribution is -2.40. The smallest absolute Gasteiger partial charge is 0.326 e. The molecule has 2 aliphatic rings. The number of unbranched alkanes of at least 4 members (excludes halogenated alkanes) is 1. The SMILES string of the molecule is O=C(O)[C@@H]1CCCN1C(=O)CCCCC1CCSS1. The second kappa shape index (κ2) is 7.43. The van der Waals surface area contributed by atoms with E-state index in [4.69, 9.17) is 5.11 Å². The van der Waals surface area contributed by atoms with E-state index in [0.29, 0.717) is 19.4 Å². The molecular formula is C13H21NO3S2. The molecule has 2 rings (SSSR count). The van der Waals surface area contributed by atoms with Crippen LogP contribution >= 0.6 is 21.6 Å². The number of aliphatic carboxylic acids is 1. The van der Waals surface area contributed by atoms with Gasteiger partial charge in [-0.3, -0.25) is 4.79 Å². The van der Waals surface area contributed by atoms with Crippen LogP contribution in [0.3, 0.4) is 0 Å². The molecular weight excluding hydrogens is 282 g/mol. The van der Waals surface area contributed by atoms with Gasteiger partial charge in [-0.25, -0.2) is 4.79 Å². The standard InChI is InChI=1S/C13H21NO3S2/c15-12(14-8-3-5-11(14)13(16)17)6-2-1-4-10-7-9-18-19-10/h10-11H,1-9H2,(H,16,17)/t10?,11-/m0/s1. The summed E-state index contributed by atoms with van der Waals surface area (Å²) in [6.45, 7) is 0.616. The van der Waals surface area contributed by atoms with Gasteiger partial charge in [-0.15, -0.1) is 0 Å². The predicted octanol–water partition coefficient (Wildman–Crippen LogP) is 2.78. The Morgan fingerprint density at radius 3 is 2.79 bits per heavy atom. The zero-order valence-electron chi connectivity index (χ0n) is 11.0. The maximum Gasteiger partial charge on any atom is 0.326 e. The lowest BCUT2D eigenvalue weighted by molar-refractivity contribution is -0.148. The Morgan fingerprint density at radius 2 is 2.11 bits per heavy atom. The van der Waals surface area contributed by atoms with Crippen molar-refractivity contribution in [2.45, 2.75) is 56.2 Å². The zero-order valence-corrected chi connectivity index (χ0v) is 12.7. The molecule has 0 aromatic rings. The normalized spacial score (nSPS) is 26.8. The number of hydrogen-bond donors (Lipinski definition) is 1. The molecule has 19 heavy (non-hydrogen) atoms. The van der Waals surface area contributed by atoms with E-state index in [9.17, 15) is 9.59 Å². The van der Waals surface area contributed by atoms with Crippen molar-refractivity contribution in [3.05, 3.63) is 0 Å². The van der Waals surface area contributed by atoms with Crippen molar-refractivity contribution in [1.82, 2.24) is 4.90 Å². The van der Waals surface area contributed by atoms with Crippen LogP contribution in [0.2, 0.25) is 0 Å². The van der Waals surface area contributed by atoms with Crippen molar-refractivity contribution >= 4 is 33.5 Å². The molecule has 0 aromatic carbocycles. The number of likely N-dealkylation sites (tertiary alicyclic amines) is 1. The van der Waals surface area contributed by atoms with Crippen LogP contribution in [0, 0.1) is 0 Å². The molecule has 6 heteroatoms. The summed E-state index contributed by atoms with van der Waals surface area (Å²) in [5.41, 5.74) is 0. The highest BCUT2D eigenvalue weighted by molar-refractivity contribution is 8.77. The molecule has 1 amide bonds. The van der Waals surface area contributed by atoms with Gasteiger partial charge >= 0.3 is 5.97 Å². The first-order valence-electron chi connectivity index (χ1n) is 6.99. The third kappa shape index (κ3) is 4.31. The molecule has 2 aliphatic heterocycles. The Morgan fingerprint density at radius 1 is 1.26 bits per heavy atom. The number of carbonyl (C=O) groups excluding carboxylic acids is 1. The van der Waals surface area contributed by atoms with E-state index < -0.39 is 12.0 Å². The molecule has 2 saturated heterocycles. The Bertz CT molecular complexity index is 332. The van der Waals surface area contributed by atoms with Crippen LogP contribution in [0.1, 0.15) is 44.9 Å². The fourth-order valence-electron chi connectivity index (χ4n) is 2.68. The quantitative estimate of drug-likeness (QED) is 0.604. The zero-order chi connectivity index (χ0) is 13.7. The first-order chi connectivity index (χ1) is 9.18. The van der Waals surface area contributed by atoms with Gasteiger partial charge in [0.15, 0.2) is 0 Å². The van der Waals surface area contributed by atoms with Gasteiger partial charge in [-0.1, -0.05) is 28.0 Å². The van der Waals surface area contributed by atoms with Gasteiger partial charge < -0.3 is 10.0 Å². The average molecular weight is 303 g/mol. The van der Waals surface area contributed by atoms with Gasteiger partial charge in [0.2, 0.25) is 5.91 Å². The van der Waals surface area contributed by atoms with E-state index in [-0.39, 0.29) is 5.91 Å². The second-order valence-corrected chi connectivity index (χ2v) is 7.95. The number of carbonyl (C=O) groups is 2. The topological polar surface area (TPSA) is 57.6 Å². The molecule has 2 heterocycles. The fourth-order valence-corrected chi connectivity index (χ4v) is 5.71. The molecule has 108 valence electrons. The fraction of sp³-hybridized carbons (Fsp3) is 0.846. The van der Waals surface area contributed by atoms with Crippen LogP contribution in [-0.4, -0.2) is 45.5 Å². The molecule has 0 radical (unpaired) electrons. The van der Waals surface area contributed by atoms with E-state index in [0.717, 1.165) is 24.5 Å². The van der Waals surface area contributed by atoms with Crippen molar-refractivity contribution in [2.75, 3.05) is 12.3 Å².